The van der Waals surface area contributed by atoms with Gasteiger partial charge in [-0.3, -0.25) is 4.79 Å². The summed E-state index contributed by atoms with van der Waals surface area (Å²) in [7, 11) is 0. The highest BCUT2D eigenvalue weighted by Crippen LogP contribution is 2.42. The number of halogens is 1. The van der Waals surface area contributed by atoms with Crippen LogP contribution in [0.3, 0.4) is 0 Å². The van der Waals surface area contributed by atoms with Gasteiger partial charge in [0.15, 0.2) is 0 Å². The first kappa shape index (κ1) is 26.3. The number of nitrogens with one attached hydrogen (secondary N) is 2. The van der Waals surface area contributed by atoms with Crippen LogP contribution in [0.25, 0.3) is 16.3 Å². The van der Waals surface area contributed by atoms with E-state index in [4.69, 9.17) is 16.6 Å². The lowest BCUT2D eigenvalue weighted by Crippen LogP contribution is -2.38. The fourth-order valence-corrected chi connectivity index (χ4v) is 5.43. The Morgan fingerprint density at radius 1 is 1.32 bits per heavy atom. The first-order valence-corrected chi connectivity index (χ1v) is 13.2. The fraction of sp³-hybridized carbons (Fsp3) is 0.538. The number of thiophene rings is 1. The number of rotatable bonds is 10. The molecule has 1 amide bonds. The molecule has 2 aromatic rings. The summed E-state index contributed by atoms with van der Waals surface area (Å²) in [6.45, 7) is 16.1. The van der Waals surface area contributed by atoms with Gasteiger partial charge in [-0.05, 0) is 24.3 Å². The number of hydrogen-bond donors (Lipinski definition) is 2. The maximum atomic E-state index is 12.5. The van der Waals surface area contributed by atoms with Gasteiger partial charge in [-0.2, -0.15) is 0 Å². The molecule has 1 aliphatic rings. The number of hydrogen-bond acceptors (Lipinski definition) is 6. The van der Waals surface area contributed by atoms with Crippen molar-refractivity contribution in [2.75, 3.05) is 18.4 Å². The summed E-state index contributed by atoms with van der Waals surface area (Å²) in [6, 6.07) is 2.43. The van der Waals surface area contributed by atoms with E-state index in [9.17, 15) is 4.79 Å². The molecule has 3 rings (SSSR count). The van der Waals surface area contributed by atoms with E-state index in [2.05, 4.69) is 68.6 Å². The van der Waals surface area contributed by atoms with E-state index < -0.39 is 0 Å². The lowest BCUT2D eigenvalue weighted by molar-refractivity contribution is -0.122. The summed E-state index contributed by atoms with van der Waals surface area (Å²) in [5, 5.41) is 7.02. The summed E-state index contributed by atoms with van der Waals surface area (Å²) in [4.78, 5) is 25.8. The molecule has 0 unspecified atom stereocenters. The van der Waals surface area contributed by atoms with Crippen molar-refractivity contribution in [2.45, 2.75) is 72.9 Å². The van der Waals surface area contributed by atoms with E-state index in [1.807, 2.05) is 4.90 Å². The highest BCUT2D eigenvalue weighted by molar-refractivity contribution is 7.15. The third-order valence-corrected chi connectivity index (χ3v) is 7.02. The van der Waals surface area contributed by atoms with Gasteiger partial charge >= 0.3 is 0 Å². The highest BCUT2D eigenvalue weighted by Gasteiger charge is 2.29. The monoisotopic (exact) mass is 501 g/mol. The molecule has 184 valence electrons. The van der Waals surface area contributed by atoms with E-state index in [1.54, 1.807) is 17.5 Å². The molecule has 0 bridgehead atoms. The van der Waals surface area contributed by atoms with E-state index in [0.29, 0.717) is 30.1 Å². The lowest BCUT2D eigenvalue weighted by atomic mass is 9.97. The van der Waals surface area contributed by atoms with Crippen LogP contribution in [0.4, 0.5) is 5.95 Å². The van der Waals surface area contributed by atoms with Gasteiger partial charge in [0.2, 0.25) is 11.9 Å². The topological polar surface area (TPSA) is 70.2 Å². The van der Waals surface area contributed by atoms with Crippen molar-refractivity contribution in [3.8, 4) is 10.6 Å². The first-order chi connectivity index (χ1) is 16.1. The number of amides is 1. The number of carbonyl (C=O) groups excluding carboxylic acids is 1. The minimum absolute atomic E-state index is 0.00123. The van der Waals surface area contributed by atoms with Crippen molar-refractivity contribution in [3.05, 3.63) is 40.0 Å². The SMILES string of the molecule is C=C=C1c2cc(-c3nc(NC(CCC)CCC)ncc3Cl)sc2CN1CC(=O)NCC(C)(C)C. The normalized spacial score (nSPS) is 13.3. The summed E-state index contributed by atoms with van der Waals surface area (Å²) < 4.78 is 0. The van der Waals surface area contributed by atoms with Gasteiger partial charge in [0, 0.05) is 23.0 Å². The number of fused-ring (bicyclic) bond motifs is 1. The van der Waals surface area contributed by atoms with Crippen LogP contribution in [0.5, 0.6) is 0 Å². The zero-order valence-corrected chi connectivity index (χ0v) is 22.5. The lowest BCUT2D eigenvalue weighted by Gasteiger charge is -2.22. The van der Waals surface area contributed by atoms with Crippen LogP contribution in [-0.2, 0) is 11.3 Å². The van der Waals surface area contributed by atoms with Crippen molar-refractivity contribution in [2.24, 2.45) is 5.41 Å². The molecule has 34 heavy (non-hydrogen) atoms. The molecule has 8 heteroatoms. The summed E-state index contributed by atoms with van der Waals surface area (Å²) in [5.41, 5.74) is 5.69. The number of anilines is 1. The second-order valence-corrected chi connectivity index (χ2v) is 11.5. The van der Waals surface area contributed by atoms with E-state index in [0.717, 1.165) is 52.4 Å². The molecule has 0 atom stereocenters. The van der Waals surface area contributed by atoms with Crippen LogP contribution >= 0.6 is 22.9 Å². The molecule has 0 saturated heterocycles. The van der Waals surface area contributed by atoms with Crippen LogP contribution in [0, 0.1) is 5.41 Å². The molecule has 0 aliphatic carbocycles. The first-order valence-electron chi connectivity index (χ1n) is 12.0. The average Bonchev–Trinajstić information content (AvgIpc) is 3.30. The molecular formula is C26H36ClN5OS. The van der Waals surface area contributed by atoms with Crippen LogP contribution < -0.4 is 10.6 Å². The van der Waals surface area contributed by atoms with Gasteiger partial charge in [-0.1, -0.05) is 65.6 Å². The summed E-state index contributed by atoms with van der Waals surface area (Å²) in [5.74, 6) is 0.609. The number of aromatic nitrogens is 2. The maximum absolute atomic E-state index is 12.5. The Morgan fingerprint density at radius 2 is 2.03 bits per heavy atom. The van der Waals surface area contributed by atoms with Crippen molar-refractivity contribution in [1.82, 2.24) is 20.2 Å². The molecule has 2 N–H and O–H groups in total. The van der Waals surface area contributed by atoms with Gasteiger partial charge in [0.1, 0.15) is 5.69 Å². The predicted octanol–water partition coefficient (Wildman–Crippen LogP) is 6.34. The number of nitrogens with zero attached hydrogens (tertiary/aromatic N) is 3. The van der Waals surface area contributed by atoms with Crippen LogP contribution in [0.15, 0.2) is 24.6 Å². The zero-order valence-electron chi connectivity index (χ0n) is 20.9. The Hall–Kier alpha value is -2.34. The Bertz CT molecular complexity index is 1060. The Kier molecular flexibility index (Phi) is 8.80. The summed E-state index contributed by atoms with van der Waals surface area (Å²) in [6.07, 6.45) is 6.04. The standard InChI is InChI=1S/C26H36ClN5OS/c1-7-10-17(11-8-2)30-25-28-13-19(27)24(31-25)21-12-18-20(9-3)32(14-22(18)34-21)15-23(33)29-16-26(4,5)6/h12-13,17H,3,7-8,10-11,14-16H2,1-2,4-6H3,(H,29,33)(H,28,30,31). The molecule has 0 spiro atoms. The van der Waals surface area contributed by atoms with Gasteiger partial charge in [-0.15, -0.1) is 17.1 Å². The van der Waals surface area contributed by atoms with Crippen LogP contribution in [0.1, 0.15) is 70.7 Å². The summed E-state index contributed by atoms with van der Waals surface area (Å²) >= 11 is 8.15. The van der Waals surface area contributed by atoms with E-state index in [-0.39, 0.29) is 17.9 Å². The average molecular weight is 502 g/mol. The molecule has 1 aliphatic heterocycles. The molecule has 0 saturated carbocycles. The second-order valence-electron chi connectivity index (χ2n) is 9.98. The Balaban J connectivity index is 1.77. The Morgan fingerprint density at radius 3 is 2.65 bits per heavy atom. The quantitative estimate of drug-likeness (QED) is 0.371. The minimum atomic E-state index is 0.00123. The largest absolute Gasteiger partial charge is 0.354 e. The highest BCUT2D eigenvalue weighted by atomic mass is 35.5. The van der Waals surface area contributed by atoms with E-state index >= 15 is 0 Å². The van der Waals surface area contributed by atoms with Crippen molar-refractivity contribution >= 4 is 40.5 Å². The predicted molar refractivity (Wildman–Crippen MR) is 143 cm³/mol. The van der Waals surface area contributed by atoms with Crippen molar-refractivity contribution < 1.29 is 4.79 Å². The van der Waals surface area contributed by atoms with E-state index in [1.165, 1.54) is 0 Å². The van der Waals surface area contributed by atoms with Crippen molar-refractivity contribution in [3.63, 3.8) is 0 Å². The van der Waals surface area contributed by atoms with Gasteiger partial charge < -0.3 is 15.5 Å². The smallest absolute Gasteiger partial charge is 0.239 e. The third kappa shape index (κ3) is 6.62. The zero-order chi connectivity index (χ0) is 24.9. The van der Waals surface area contributed by atoms with Crippen molar-refractivity contribution in [1.29, 1.82) is 0 Å². The minimum Gasteiger partial charge on any atom is -0.354 e. The molecule has 0 radical (unpaired) electrons. The molecule has 2 aromatic heterocycles. The molecule has 6 nitrogen and oxygen atoms in total. The maximum Gasteiger partial charge on any atom is 0.239 e. The van der Waals surface area contributed by atoms with Crippen LogP contribution in [0.2, 0.25) is 5.02 Å². The van der Waals surface area contributed by atoms with Gasteiger partial charge in [0.25, 0.3) is 0 Å². The molecular weight excluding hydrogens is 466 g/mol. The van der Waals surface area contributed by atoms with Crippen LogP contribution in [-0.4, -0.2) is 39.9 Å². The second kappa shape index (κ2) is 11.4. The number of carbonyl (C=O) groups is 1. The van der Waals surface area contributed by atoms with Gasteiger partial charge in [-0.25, -0.2) is 9.97 Å². The van der Waals surface area contributed by atoms with Gasteiger partial charge in [0.05, 0.1) is 34.9 Å². The molecule has 0 fully saturated rings. The molecule has 3 heterocycles. The molecule has 0 aromatic carbocycles. The fourth-order valence-electron chi connectivity index (χ4n) is 4.00. The third-order valence-electron chi connectivity index (χ3n) is 5.62. The Labute approximate surface area is 212 Å².